The van der Waals surface area contributed by atoms with E-state index >= 15 is 0 Å². The number of benzene rings is 3. The summed E-state index contributed by atoms with van der Waals surface area (Å²) in [6, 6.07) is 21.7. The summed E-state index contributed by atoms with van der Waals surface area (Å²) in [5.74, 6) is -0.774. The van der Waals surface area contributed by atoms with Gasteiger partial charge in [-0.05, 0) is 53.9 Å². The van der Waals surface area contributed by atoms with Gasteiger partial charge in [0.15, 0.2) is 0 Å². The van der Waals surface area contributed by atoms with Crippen LogP contribution in [0.3, 0.4) is 0 Å². The Labute approximate surface area is 184 Å². The summed E-state index contributed by atoms with van der Waals surface area (Å²) in [6.07, 6.45) is 0. The predicted octanol–water partition coefficient (Wildman–Crippen LogP) is 5.69. The number of halogens is 2. The molecule has 0 aromatic heterocycles. The summed E-state index contributed by atoms with van der Waals surface area (Å²) in [7, 11) is 0. The predicted molar refractivity (Wildman–Crippen MR) is 120 cm³/mol. The Kier molecular flexibility index (Phi) is 5.62. The summed E-state index contributed by atoms with van der Waals surface area (Å²) >= 11 is 12.3. The van der Waals surface area contributed by atoms with E-state index in [0.29, 0.717) is 26.7 Å². The fourth-order valence-corrected chi connectivity index (χ4v) is 3.71. The molecule has 2 amide bonds. The van der Waals surface area contributed by atoms with Crippen molar-refractivity contribution >= 4 is 46.3 Å². The zero-order valence-electron chi connectivity index (χ0n) is 16.2. The largest absolute Gasteiger partial charge is 0.350 e. The van der Waals surface area contributed by atoms with E-state index in [2.05, 4.69) is 5.32 Å². The third-order valence-corrected chi connectivity index (χ3v) is 5.50. The van der Waals surface area contributed by atoms with Gasteiger partial charge in [0.1, 0.15) is 5.70 Å². The Balaban J connectivity index is 1.76. The van der Waals surface area contributed by atoms with Crippen LogP contribution in [0.5, 0.6) is 0 Å². The second kappa shape index (κ2) is 8.34. The first kappa shape index (κ1) is 20.2. The van der Waals surface area contributed by atoms with Crippen molar-refractivity contribution in [2.24, 2.45) is 0 Å². The fourth-order valence-electron chi connectivity index (χ4n) is 3.38. The Morgan fingerprint density at radius 1 is 0.867 bits per heavy atom. The standard InChI is InChI=1S/C24H18Cl2N2O2/c1-15-5-4-7-19(13-15)27-22-21(16-9-11-18(25)12-10-16)23(29)28(24(22)30)14-17-6-2-3-8-20(17)26/h2-13,27H,14H2,1H3. The smallest absolute Gasteiger partial charge is 0.278 e. The minimum absolute atomic E-state index is 0.0907. The third-order valence-electron chi connectivity index (χ3n) is 4.87. The highest BCUT2D eigenvalue weighted by atomic mass is 35.5. The number of carbonyl (C=O) groups is 2. The van der Waals surface area contributed by atoms with Gasteiger partial charge in [-0.2, -0.15) is 0 Å². The maximum absolute atomic E-state index is 13.3. The lowest BCUT2D eigenvalue weighted by atomic mass is 10.0. The number of imide groups is 1. The Hall–Kier alpha value is -3.08. The minimum Gasteiger partial charge on any atom is -0.350 e. The average Bonchev–Trinajstić information content (AvgIpc) is 2.95. The van der Waals surface area contributed by atoms with Crippen molar-refractivity contribution in [3.05, 3.63) is 105 Å². The topological polar surface area (TPSA) is 49.4 Å². The average molecular weight is 437 g/mol. The lowest BCUT2D eigenvalue weighted by Gasteiger charge is -2.16. The van der Waals surface area contributed by atoms with Gasteiger partial charge in [0, 0.05) is 15.7 Å². The van der Waals surface area contributed by atoms with E-state index in [9.17, 15) is 9.59 Å². The van der Waals surface area contributed by atoms with Crippen LogP contribution < -0.4 is 5.32 Å². The monoisotopic (exact) mass is 436 g/mol. The maximum atomic E-state index is 13.3. The van der Waals surface area contributed by atoms with Gasteiger partial charge in [0.05, 0.1) is 12.1 Å². The van der Waals surface area contributed by atoms with Crippen LogP contribution in [0.1, 0.15) is 16.7 Å². The number of anilines is 1. The van der Waals surface area contributed by atoms with Crippen molar-refractivity contribution in [2.45, 2.75) is 13.5 Å². The van der Waals surface area contributed by atoms with Gasteiger partial charge in [0.2, 0.25) is 0 Å². The fraction of sp³-hybridized carbons (Fsp3) is 0.0833. The molecule has 4 rings (SSSR count). The summed E-state index contributed by atoms with van der Waals surface area (Å²) in [5.41, 5.74) is 3.64. The van der Waals surface area contributed by atoms with E-state index < -0.39 is 5.91 Å². The molecular formula is C24H18Cl2N2O2. The summed E-state index contributed by atoms with van der Waals surface area (Å²) in [4.78, 5) is 27.8. The van der Waals surface area contributed by atoms with Crippen LogP contribution in [0.4, 0.5) is 5.69 Å². The van der Waals surface area contributed by atoms with Crippen molar-refractivity contribution in [1.82, 2.24) is 4.90 Å². The molecule has 0 fully saturated rings. The highest BCUT2D eigenvalue weighted by molar-refractivity contribution is 6.37. The van der Waals surface area contributed by atoms with Crippen LogP contribution in [0.2, 0.25) is 10.0 Å². The van der Waals surface area contributed by atoms with Crippen LogP contribution in [0.25, 0.3) is 5.57 Å². The first-order valence-corrected chi connectivity index (χ1v) is 10.1. The minimum atomic E-state index is -0.397. The van der Waals surface area contributed by atoms with Crippen molar-refractivity contribution in [2.75, 3.05) is 5.32 Å². The van der Waals surface area contributed by atoms with Gasteiger partial charge in [-0.3, -0.25) is 14.5 Å². The molecule has 150 valence electrons. The lowest BCUT2D eigenvalue weighted by Crippen LogP contribution is -2.32. The second-order valence-electron chi connectivity index (χ2n) is 7.04. The lowest BCUT2D eigenvalue weighted by molar-refractivity contribution is -0.137. The van der Waals surface area contributed by atoms with Crippen LogP contribution in [0.15, 0.2) is 78.5 Å². The molecule has 4 nitrogen and oxygen atoms in total. The molecule has 1 aliphatic heterocycles. The van der Waals surface area contributed by atoms with Gasteiger partial charge >= 0.3 is 0 Å². The Bertz CT molecular complexity index is 1170. The molecule has 0 spiro atoms. The third kappa shape index (κ3) is 3.97. The molecule has 1 heterocycles. The van der Waals surface area contributed by atoms with E-state index in [-0.39, 0.29) is 18.1 Å². The van der Waals surface area contributed by atoms with Gasteiger partial charge in [-0.1, -0.05) is 65.7 Å². The number of nitrogens with zero attached hydrogens (tertiary/aromatic N) is 1. The Morgan fingerprint density at radius 3 is 2.30 bits per heavy atom. The number of carbonyl (C=O) groups excluding carboxylic acids is 2. The molecule has 0 bridgehead atoms. The SMILES string of the molecule is Cc1cccc(NC2=C(c3ccc(Cl)cc3)C(=O)N(Cc3ccccc3Cl)C2=O)c1. The number of amides is 2. The van der Waals surface area contributed by atoms with Crippen LogP contribution in [0, 0.1) is 6.92 Å². The van der Waals surface area contributed by atoms with Gasteiger partial charge < -0.3 is 5.32 Å². The molecule has 0 radical (unpaired) electrons. The van der Waals surface area contributed by atoms with Gasteiger partial charge in [0.25, 0.3) is 11.8 Å². The van der Waals surface area contributed by atoms with Crippen LogP contribution >= 0.6 is 23.2 Å². The summed E-state index contributed by atoms with van der Waals surface area (Å²) in [6.45, 7) is 2.05. The summed E-state index contributed by atoms with van der Waals surface area (Å²) < 4.78 is 0. The molecule has 0 unspecified atom stereocenters. The molecule has 0 saturated carbocycles. The zero-order valence-corrected chi connectivity index (χ0v) is 17.7. The number of hydrogen-bond donors (Lipinski definition) is 1. The zero-order chi connectivity index (χ0) is 21.3. The summed E-state index contributed by atoms with van der Waals surface area (Å²) in [5, 5.41) is 4.22. The van der Waals surface area contributed by atoms with Crippen molar-refractivity contribution in [3.8, 4) is 0 Å². The Morgan fingerprint density at radius 2 is 1.60 bits per heavy atom. The molecule has 3 aromatic rings. The molecule has 0 aliphatic carbocycles. The van der Waals surface area contributed by atoms with Crippen LogP contribution in [-0.4, -0.2) is 16.7 Å². The molecule has 30 heavy (non-hydrogen) atoms. The second-order valence-corrected chi connectivity index (χ2v) is 7.88. The molecular weight excluding hydrogens is 419 g/mol. The van der Waals surface area contributed by atoms with E-state index in [0.717, 1.165) is 11.3 Å². The van der Waals surface area contributed by atoms with Gasteiger partial charge in [-0.25, -0.2) is 0 Å². The normalized spacial score (nSPS) is 13.9. The quantitative estimate of drug-likeness (QED) is 0.522. The van der Waals surface area contributed by atoms with Crippen molar-refractivity contribution in [1.29, 1.82) is 0 Å². The number of hydrogen-bond acceptors (Lipinski definition) is 3. The first-order valence-electron chi connectivity index (χ1n) is 9.37. The number of nitrogens with one attached hydrogen (secondary N) is 1. The van der Waals surface area contributed by atoms with Gasteiger partial charge in [-0.15, -0.1) is 0 Å². The molecule has 0 saturated heterocycles. The molecule has 1 N–H and O–H groups in total. The maximum Gasteiger partial charge on any atom is 0.278 e. The van der Waals surface area contributed by atoms with E-state index in [1.807, 2.05) is 43.3 Å². The molecule has 0 atom stereocenters. The highest BCUT2D eigenvalue weighted by Crippen LogP contribution is 2.33. The number of aryl methyl sites for hydroxylation is 1. The first-order chi connectivity index (χ1) is 14.4. The highest BCUT2D eigenvalue weighted by Gasteiger charge is 2.39. The molecule has 1 aliphatic rings. The molecule has 6 heteroatoms. The van der Waals surface area contributed by atoms with Crippen molar-refractivity contribution in [3.63, 3.8) is 0 Å². The van der Waals surface area contributed by atoms with E-state index in [1.54, 1.807) is 36.4 Å². The van der Waals surface area contributed by atoms with Crippen LogP contribution in [-0.2, 0) is 16.1 Å². The van der Waals surface area contributed by atoms with Crippen molar-refractivity contribution < 1.29 is 9.59 Å². The van der Waals surface area contributed by atoms with E-state index in [1.165, 1.54) is 4.90 Å². The number of rotatable bonds is 5. The van der Waals surface area contributed by atoms with E-state index in [4.69, 9.17) is 23.2 Å². The molecule has 3 aromatic carbocycles.